The second-order valence-corrected chi connectivity index (χ2v) is 7.71. The molecule has 3 heterocycles. The minimum absolute atomic E-state index is 0.0748. The molecule has 4 rings (SSSR count). The molecule has 7 heteroatoms. The highest BCUT2D eigenvalue weighted by molar-refractivity contribution is 7.99. The standard InChI is InChI=1S/C18H23N3O3S/c1-18(2)23-11-13(24-18)12-25-17-16(21-7-9-22-10-8-21)19-14-5-3-4-6-15(14)20-17/h3-6,13H,7-12H2,1-2H3. The van der Waals surface area contributed by atoms with Crippen LogP contribution in [0.2, 0.25) is 0 Å². The van der Waals surface area contributed by atoms with Crippen LogP contribution in [0.1, 0.15) is 13.8 Å². The van der Waals surface area contributed by atoms with Gasteiger partial charge in [0.05, 0.1) is 37.0 Å². The summed E-state index contributed by atoms with van der Waals surface area (Å²) < 4.78 is 17.1. The zero-order valence-corrected chi connectivity index (χ0v) is 15.4. The number of anilines is 1. The van der Waals surface area contributed by atoms with Crippen molar-refractivity contribution >= 4 is 28.6 Å². The maximum absolute atomic E-state index is 5.92. The highest BCUT2D eigenvalue weighted by Crippen LogP contribution is 2.32. The van der Waals surface area contributed by atoms with E-state index in [0.29, 0.717) is 6.61 Å². The van der Waals surface area contributed by atoms with Gasteiger partial charge in [0.1, 0.15) is 5.03 Å². The van der Waals surface area contributed by atoms with Crippen molar-refractivity contribution in [3.05, 3.63) is 24.3 Å². The van der Waals surface area contributed by atoms with Crippen molar-refractivity contribution in [2.75, 3.05) is 43.6 Å². The smallest absolute Gasteiger partial charge is 0.163 e. The van der Waals surface area contributed by atoms with Crippen LogP contribution in [0, 0.1) is 0 Å². The molecule has 2 aliphatic heterocycles. The number of thioether (sulfide) groups is 1. The number of hydrogen-bond acceptors (Lipinski definition) is 7. The third kappa shape index (κ3) is 3.89. The molecule has 134 valence electrons. The summed E-state index contributed by atoms with van der Waals surface area (Å²) in [4.78, 5) is 12.0. The minimum atomic E-state index is -0.493. The van der Waals surface area contributed by atoms with Crippen molar-refractivity contribution in [3.63, 3.8) is 0 Å². The molecule has 2 aliphatic rings. The lowest BCUT2D eigenvalue weighted by atomic mass is 10.3. The van der Waals surface area contributed by atoms with Crippen molar-refractivity contribution in [2.24, 2.45) is 0 Å². The predicted octanol–water partition coefficient (Wildman–Crippen LogP) is 2.71. The van der Waals surface area contributed by atoms with Gasteiger partial charge in [-0.2, -0.15) is 0 Å². The number of benzene rings is 1. The van der Waals surface area contributed by atoms with Gasteiger partial charge >= 0.3 is 0 Å². The van der Waals surface area contributed by atoms with E-state index in [4.69, 9.17) is 24.2 Å². The van der Waals surface area contributed by atoms with E-state index in [1.165, 1.54) is 0 Å². The maximum Gasteiger partial charge on any atom is 0.163 e. The van der Waals surface area contributed by atoms with Gasteiger partial charge in [-0.25, -0.2) is 9.97 Å². The molecule has 6 nitrogen and oxygen atoms in total. The summed E-state index contributed by atoms with van der Waals surface area (Å²) in [5, 5.41) is 0.953. The van der Waals surface area contributed by atoms with Crippen LogP contribution in [0.4, 0.5) is 5.82 Å². The average Bonchev–Trinajstić information content (AvgIpc) is 2.99. The number of aromatic nitrogens is 2. The summed E-state index contributed by atoms with van der Waals surface area (Å²) in [5.74, 6) is 1.26. The Kier molecular flexibility index (Phi) is 4.82. The van der Waals surface area contributed by atoms with Crippen molar-refractivity contribution in [2.45, 2.75) is 30.8 Å². The van der Waals surface area contributed by atoms with E-state index < -0.39 is 5.79 Å². The number of hydrogen-bond donors (Lipinski definition) is 0. The summed E-state index contributed by atoms with van der Waals surface area (Å²) >= 11 is 1.69. The van der Waals surface area contributed by atoms with Crippen LogP contribution in [-0.4, -0.2) is 60.5 Å². The Balaban J connectivity index is 1.59. The first-order valence-corrected chi connectivity index (χ1v) is 9.63. The summed E-state index contributed by atoms with van der Waals surface area (Å²) in [5.41, 5.74) is 1.85. The second kappa shape index (κ2) is 7.07. The van der Waals surface area contributed by atoms with E-state index in [1.807, 2.05) is 38.1 Å². The average molecular weight is 361 g/mol. The molecule has 25 heavy (non-hydrogen) atoms. The molecule has 0 radical (unpaired) electrons. The summed E-state index contributed by atoms with van der Waals surface area (Å²) in [6.07, 6.45) is 0.0748. The van der Waals surface area contributed by atoms with Crippen LogP contribution in [-0.2, 0) is 14.2 Å². The van der Waals surface area contributed by atoms with E-state index in [1.54, 1.807) is 11.8 Å². The molecular formula is C18H23N3O3S. The number of ether oxygens (including phenoxy) is 3. The number of fused-ring (bicyclic) bond motifs is 1. The molecule has 0 spiro atoms. The highest BCUT2D eigenvalue weighted by atomic mass is 32.2. The van der Waals surface area contributed by atoms with Crippen molar-refractivity contribution < 1.29 is 14.2 Å². The van der Waals surface area contributed by atoms with Gasteiger partial charge in [0, 0.05) is 18.8 Å². The topological polar surface area (TPSA) is 56.7 Å². The lowest BCUT2D eigenvalue weighted by molar-refractivity contribution is -0.135. The molecule has 1 aromatic carbocycles. The summed E-state index contributed by atoms with van der Waals surface area (Å²) in [7, 11) is 0. The molecule has 1 aromatic heterocycles. The molecule has 0 bridgehead atoms. The van der Waals surface area contributed by atoms with Gasteiger partial charge in [0.25, 0.3) is 0 Å². The van der Waals surface area contributed by atoms with E-state index in [2.05, 4.69) is 4.90 Å². The third-order valence-electron chi connectivity index (χ3n) is 4.31. The van der Waals surface area contributed by atoms with E-state index in [-0.39, 0.29) is 6.10 Å². The zero-order valence-electron chi connectivity index (χ0n) is 14.6. The number of rotatable bonds is 4. The van der Waals surface area contributed by atoms with E-state index in [0.717, 1.165) is 53.9 Å². The molecule has 2 saturated heterocycles. The third-order valence-corrected chi connectivity index (χ3v) is 5.39. The van der Waals surface area contributed by atoms with Crippen LogP contribution < -0.4 is 4.90 Å². The Morgan fingerprint density at radius 3 is 2.56 bits per heavy atom. The Bertz CT molecular complexity index is 749. The maximum atomic E-state index is 5.92. The molecule has 0 saturated carbocycles. The van der Waals surface area contributed by atoms with Crippen molar-refractivity contribution in [1.29, 1.82) is 0 Å². The molecule has 0 N–H and O–H groups in total. The van der Waals surface area contributed by atoms with Crippen LogP contribution in [0.15, 0.2) is 29.3 Å². The first-order chi connectivity index (χ1) is 12.1. The monoisotopic (exact) mass is 361 g/mol. The number of para-hydroxylation sites is 2. The van der Waals surface area contributed by atoms with Gasteiger partial charge in [-0.3, -0.25) is 0 Å². The van der Waals surface area contributed by atoms with Gasteiger partial charge in [-0.15, -0.1) is 0 Å². The molecule has 1 unspecified atom stereocenters. The fraction of sp³-hybridized carbons (Fsp3) is 0.556. The molecule has 1 atom stereocenters. The molecule has 2 aromatic rings. The fourth-order valence-electron chi connectivity index (χ4n) is 3.07. The Labute approximate surface area is 151 Å². The lowest BCUT2D eigenvalue weighted by Crippen LogP contribution is -2.37. The van der Waals surface area contributed by atoms with Gasteiger partial charge in [-0.05, 0) is 26.0 Å². The van der Waals surface area contributed by atoms with Gasteiger partial charge in [0.2, 0.25) is 0 Å². The van der Waals surface area contributed by atoms with Crippen LogP contribution in [0.25, 0.3) is 11.0 Å². The van der Waals surface area contributed by atoms with Gasteiger partial charge < -0.3 is 19.1 Å². The first-order valence-electron chi connectivity index (χ1n) is 8.65. The van der Waals surface area contributed by atoms with Crippen molar-refractivity contribution in [1.82, 2.24) is 9.97 Å². The Morgan fingerprint density at radius 2 is 1.88 bits per heavy atom. The molecular weight excluding hydrogens is 338 g/mol. The van der Waals surface area contributed by atoms with Crippen LogP contribution in [0.5, 0.6) is 0 Å². The largest absolute Gasteiger partial charge is 0.378 e. The van der Waals surface area contributed by atoms with E-state index in [9.17, 15) is 0 Å². The Morgan fingerprint density at radius 1 is 1.16 bits per heavy atom. The number of morpholine rings is 1. The van der Waals surface area contributed by atoms with Gasteiger partial charge in [-0.1, -0.05) is 23.9 Å². The quantitative estimate of drug-likeness (QED) is 0.776. The minimum Gasteiger partial charge on any atom is -0.378 e. The lowest BCUT2D eigenvalue weighted by Gasteiger charge is -2.29. The SMILES string of the molecule is CC1(C)OCC(CSc2nc3ccccc3nc2N2CCOCC2)O1. The van der Waals surface area contributed by atoms with Gasteiger partial charge in [0.15, 0.2) is 11.6 Å². The summed E-state index contributed by atoms with van der Waals surface area (Å²) in [6.45, 7) is 7.67. The molecule has 0 aliphatic carbocycles. The predicted molar refractivity (Wildman–Crippen MR) is 98.2 cm³/mol. The highest BCUT2D eigenvalue weighted by Gasteiger charge is 2.33. The van der Waals surface area contributed by atoms with Crippen molar-refractivity contribution in [3.8, 4) is 0 Å². The number of nitrogens with zero attached hydrogens (tertiary/aromatic N) is 3. The summed E-state index contributed by atoms with van der Waals surface area (Å²) in [6, 6.07) is 8.01. The Hall–Kier alpha value is -1.41. The van der Waals surface area contributed by atoms with Crippen LogP contribution >= 0.6 is 11.8 Å². The molecule has 2 fully saturated rings. The van der Waals surface area contributed by atoms with E-state index >= 15 is 0 Å². The molecule has 0 amide bonds. The first kappa shape index (κ1) is 17.0. The fourth-order valence-corrected chi connectivity index (χ4v) is 4.04. The van der Waals surface area contributed by atoms with Crippen LogP contribution in [0.3, 0.4) is 0 Å². The zero-order chi connectivity index (χ0) is 17.3. The normalized spacial score (nSPS) is 23.3. The second-order valence-electron chi connectivity index (χ2n) is 6.70.